The molecule has 0 unspecified atom stereocenters. The van der Waals surface area contributed by atoms with Gasteiger partial charge in [-0.3, -0.25) is 0 Å². The molecule has 0 atom stereocenters. The normalized spacial score (nSPS) is 10.9. The fourth-order valence-electron chi connectivity index (χ4n) is 3.30. The van der Waals surface area contributed by atoms with Gasteiger partial charge < -0.3 is 29.4 Å². The lowest BCUT2D eigenvalue weighted by Crippen LogP contribution is -2.09. The number of rotatable bonds is 11. The molecule has 0 saturated carbocycles. The second-order valence-electron chi connectivity index (χ2n) is 7.51. The van der Waals surface area contributed by atoms with Crippen molar-refractivity contribution >= 4 is 16.7 Å². The van der Waals surface area contributed by atoms with E-state index in [0.29, 0.717) is 72.0 Å². The topological polar surface area (TPSA) is 98.0 Å². The number of hydrogen-bond donors (Lipinski definition) is 1. The average Bonchev–Trinajstić information content (AvgIpc) is 2.86. The van der Waals surface area contributed by atoms with E-state index in [1.54, 1.807) is 50.6 Å². The molecule has 0 aliphatic carbocycles. The summed E-state index contributed by atoms with van der Waals surface area (Å²) in [6, 6.07) is 16.6. The number of benzene rings is 3. The second kappa shape index (κ2) is 11.5. The van der Waals surface area contributed by atoms with Gasteiger partial charge in [0.2, 0.25) is 0 Å². The van der Waals surface area contributed by atoms with Crippen LogP contribution in [0.25, 0.3) is 22.3 Å². The number of nitrogens with zero attached hydrogens (tertiary/aromatic N) is 2. The first-order chi connectivity index (χ1) is 17.1. The van der Waals surface area contributed by atoms with Crippen molar-refractivity contribution in [1.29, 1.82) is 0 Å². The third kappa shape index (κ3) is 6.14. The van der Waals surface area contributed by atoms with Crippen molar-refractivity contribution in [2.24, 2.45) is 0 Å². The maximum Gasteiger partial charge on any atom is 0.163 e. The molecule has 0 fully saturated rings. The van der Waals surface area contributed by atoms with E-state index in [4.69, 9.17) is 34.4 Å². The highest BCUT2D eigenvalue weighted by Gasteiger charge is 2.14. The van der Waals surface area contributed by atoms with Gasteiger partial charge in [0.1, 0.15) is 36.3 Å². The molecule has 0 saturated heterocycles. The van der Waals surface area contributed by atoms with E-state index in [1.165, 1.54) is 12.1 Å². The molecular formula is C26H26FN3O5. The summed E-state index contributed by atoms with van der Waals surface area (Å²) in [4.78, 5) is 9.17. The van der Waals surface area contributed by atoms with E-state index in [2.05, 4.69) is 4.98 Å². The summed E-state index contributed by atoms with van der Waals surface area (Å²) < 4.78 is 40.7. The first kappa shape index (κ1) is 24.2. The van der Waals surface area contributed by atoms with Gasteiger partial charge >= 0.3 is 0 Å². The summed E-state index contributed by atoms with van der Waals surface area (Å²) in [6.45, 7) is 1.57. The molecule has 1 heterocycles. The summed E-state index contributed by atoms with van der Waals surface area (Å²) in [7, 11) is 3.21. The van der Waals surface area contributed by atoms with Gasteiger partial charge in [-0.05, 0) is 54.6 Å². The molecule has 0 amide bonds. The van der Waals surface area contributed by atoms with Crippen molar-refractivity contribution in [3.8, 4) is 34.4 Å². The number of fused-ring (bicyclic) bond motifs is 1. The van der Waals surface area contributed by atoms with Gasteiger partial charge in [-0.2, -0.15) is 0 Å². The van der Waals surface area contributed by atoms with Crippen LogP contribution in [0.2, 0.25) is 0 Å². The van der Waals surface area contributed by atoms with E-state index in [0.717, 1.165) is 5.56 Å². The molecule has 182 valence electrons. The molecule has 3 aromatic carbocycles. The number of halogens is 1. The van der Waals surface area contributed by atoms with Gasteiger partial charge in [0, 0.05) is 31.2 Å². The highest BCUT2D eigenvalue weighted by Crippen LogP contribution is 2.35. The molecule has 0 spiro atoms. The third-order valence-corrected chi connectivity index (χ3v) is 5.04. The Kier molecular flexibility index (Phi) is 7.92. The summed E-state index contributed by atoms with van der Waals surface area (Å²) >= 11 is 0. The Labute approximate surface area is 202 Å². The molecule has 0 aliphatic heterocycles. The van der Waals surface area contributed by atoms with E-state index in [-0.39, 0.29) is 5.82 Å². The minimum absolute atomic E-state index is 0.316. The number of nitrogens with two attached hydrogens (primary N) is 1. The fourth-order valence-corrected chi connectivity index (χ4v) is 3.30. The van der Waals surface area contributed by atoms with Crippen LogP contribution >= 0.6 is 0 Å². The van der Waals surface area contributed by atoms with Crippen molar-refractivity contribution < 1.29 is 28.1 Å². The Hall–Kier alpha value is -3.95. The van der Waals surface area contributed by atoms with Crippen LogP contribution in [0.15, 0.2) is 60.7 Å². The number of aromatic nitrogens is 2. The maximum atomic E-state index is 13.1. The molecule has 9 heteroatoms. The van der Waals surface area contributed by atoms with E-state index in [9.17, 15) is 4.39 Å². The lowest BCUT2D eigenvalue weighted by molar-refractivity contribution is 0.132. The van der Waals surface area contributed by atoms with Crippen LogP contribution in [0.5, 0.6) is 23.0 Å². The number of hydrogen-bond acceptors (Lipinski definition) is 8. The Morgan fingerprint density at radius 1 is 0.743 bits per heavy atom. The molecule has 2 N–H and O–H groups in total. The third-order valence-electron chi connectivity index (χ3n) is 5.04. The van der Waals surface area contributed by atoms with Crippen molar-refractivity contribution in [1.82, 2.24) is 9.97 Å². The maximum absolute atomic E-state index is 13.1. The Balaban J connectivity index is 1.61. The zero-order chi connectivity index (χ0) is 24.6. The quantitative estimate of drug-likeness (QED) is 0.305. The van der Waals surface area contributed by atoms with E-state index < -0.39 is 0 Å². The zero-order valence-electron chi connectivity index (χ0n) is 19.5. The van der Waals surface area contributed by atoms with Crippen LogP contribution in [0.3, 0.4) is 0 Å². The molecule has 0 aliphatic rings. The number of ether oxygens (including phenoxy) is 5. The molecule has 1 aromatic heterocycles. The zero-order valence-corrected chi connectivity index (χ0v) is 19.5. The lowest BCUT2D eigenvalue weighted by atomic mass is 10.1. The van der Waals surface area contributed by atoms with Crippen LogP contribution in [0.1, 0.15) is 0 Å². The Morgan fingerprint density at radius 3 is 1.91 bits per heavy atom. The highest BCUT2D eigenvalue weighted by atomic mass is 19.1. The Bertz CT molecular complexity index is 1270. The number of anilines is 1. The summed E-state index contributed by atoms with van der Waals surface area (Å²) in [5.74, 6) is 2.64. The smallest absolute Gasteiger partial charge is 0.163 e. The summed E-state index contributed by atoms with van der Waals surface area (Å²) in [5, 5.41) is 0.650. The predicted molar refractivity (Wildman–Crippen MR) is 131 cm³/mol. The van der Waals surface area contributed by atoms with E-state index in [1.807, 2.05) is 12.1 Å². The van der Waals surface area contributed by atoms with Crippen LogP contribution in [-0.2, 0) is 9.47 Å². The van der Waals surface area contributed by atoms with Crippen molar-refractivity contribution in [3.63, 3.8) is 0 Å². The van der Waals surface area contributed by atoms with Crippen molar-refractivity contribution in [2.75, 3.05) is 46.4 Å². The van der Waals surface area contributed by atoms with Crippen LogP contribution in [0, 0.1) is 5.82 Å². The summed E-state index contributed by atoms with van der Waals surface area (Å²) in [5.41, 5.74) is 7.66. The first-order valence-corrected chi connectivity index (χ1v) is 11.0. The molecule has 0 bridgehead atoms. The molecule has 8 nitrogen and oxygen atoms in total. The summed E-state index contributed by atoms with van der Waals surface area (Å²) in [6.07, 6.45) is 0. The first-order valence-electron chi connectivity index (χ1n) is 11.0. The van der Waals surface area contributed by atoms with Gasteiger partial charge in [0.05, 0.1) is 18.7 Å². The van der Waals surface area contributed by atoms with Gasteiger partial charge in [0.25, 0.3) is 0 Å². The molecule has 35 heavy (non-hydrogen) atoms. The van der Waals surface area contributed by atoms with Gasteiger partial charge in [-0.15, -0.1) is 0 Å². The Morgan fingerprint density at radius 2 is 1.31 bits per heavy atom. The monoisotopic (exact) mass is 479 g/mol. The van der Waals surface area contributed by atoms with Gasteiger partial charge in [-0.25, -0.2) is 14.4 Å². The van der Waals surface area contributed by atoms with Crippen molar-refractivity contribution in [3.05, 3.63) is 66.5 Å². The van der Waals surface area contributed by atoms with E-state index >= 15 is 0 Å². The SMILES string of the molecule is COCCOc1cc2nc(-c3ccc(Oc4ccc(F)cc4)cc3)nc(N)c2cc1OCCOC. The molecular weight excluding hydrogens is 453 g/mol. The fraction of sp³-hybridized carbons (Fsp3) is 0.231. The van der Waals surface area contributed by atoms with Crippen LogP contribution in [-0.4, -0.2) is 50.6 Å². The predicted octanol–water partition coefficient (Wildman–Crippen LogP) is 4.86. The standard InChI is InChI=1S/C26H26FN3O5/c1-31-11-13-33-23-15-21-22(16-24(23)34-14-12-32-2)29-26(30-25(21)28)17-3-7-19(8-4-17)35-20-9-5-18(27)6-10-20/h3-10,15-16H,11-14H2,1-2H3,(H2,28,29,30). The van der Waals surface area contributed by atoms with Crippen molar-refractivity contribution in [2.45, 2.75) is 0 Å². The van der Waals surface area contributed by atoms with Gasteiger partial charge in [0.15, 0.2) is 17.3 Å². The van der Waals surface area contributed by atoms with Crippen LogP contribution < -0.4 is 19.9 Å². The average molecular weight is 480 g/mol. The minimum Gasteiger partial charge on any atom is -0.487 e. The number of nitrogen functional groups attached to an aromatic ring is 1. The van der Waals surface area contributed by atoms with Gasteiger partial charge in [-0.1, -0.05) is 0 Å². The lowest BCUT2D eigenvalue weighted by Gasteiger charge is -2.15. The molecule has 4 aromatic rings. The second-order valence-corrected chi connectivity index (χ2v) is 7.51. The molecule has 4 rings (SSSR count). The highest BCUT2D eigenvalue weighted by molar-refractivity contribution is 5.92. The minimum atomic E-state index is -0.320. The largest absolute Gasteiger partial charge is 0.487 e. The van der Waals surface area contributed by atoms with Crippen LogP contribution in [0.4, 0.5) is 10.2 Å². The molecule has 0 radical (unpaired) electrons. The number of methoxy groups -OCH3 is 2.